The van der Waals surface area contributed by atoms with Crippen molar-refractivity contribution in [1.82, 2.24) is 9.88 Å². The van der Waals surface area contributed by atoms with Crippen molar-refractivity contribution in [2.45, 2.75) is 0 Å². The van der Waals surface area contributed by atoms with E-state index < -0.39 is 0 Å². The molecule has 3 heteroatoms. The summed E-state index contributed by atoms with van der Waals surface area (Å²) in [4.78, 5) is 9.27. The lowest BCUT2D eigenvalue weighted by molar-refractivity contribution is 0.283. The molecule has 0 unspecified atom stereocenters. The van der Waals surface area contributed by atoms with Gasteiger partial charge in [0.05, 0.1) is 0 Å². The van der Waals surface area contributed by atoms with Crippen LogP contribution in [0.3, 0.4) is 0 Å². The summed E-state index contributed by atoms with van der Waals surface area (Å²) >= 11 is 0. The number of benzene rings is 1. The van der Waals surface area contributed by atoms with Gasteiger partial charge in [0.25, 0.3) is 0 Å². The van der Waals surface area contributed by atoms with Gasteiger partial charge in [0.1, 0.15) is 5.82 Å². The van der Waals surface area contributed by atoms with E-state index in [9.17, 15) is 0 Å². The lowest BCUT2D eigenvalue weighted by Gasteiger charge is -2.34. The second-order valence-electron chi connectivity index (χ2n) is 5.29. The largest absolute Gasteiger partial charge is 0.354 e. The highest BCUT2D eigenvalue weighted by Crippen LogP contribution is 2.12. The Labute approximate surface area is 126 Å². The first kappa shape index (κ1) is 13.8. The van der Waals surface area contributed by atoms with E-state index in [1.807, 2.05) is 18.3 Å². The molecule has 1 aliphatic rings. The van der Waals surface area contributed by atoms with Crippen LogP contribution in [0.25, 0.3) is 6.08 Å². The van der Waals surface area contributed by atoms with Crippen molar-refractivity contribution < 1.29 is 0 Å². The first-order chi connectivity index (χ1) is 10.4. The Kier molecular flexibility index (Phi) is 4.64. The Morgan fingerprint density at radius 2 is 1.67 bits per heavy atom. The van der Waals surface area contributed by atoms with E-state index in [-0.39, 0.29) is 0 Å². The maximum Gasteiger partial charge on any atom is 0.128 e. The van der Waals surface area contributed by atoms with E-state index in [0.717, 1.165) is 38.5 Å². The molecule has 0 saturated carbocycles. The molecule has 3 rings (SSSR count). The van der Waals surface area contributed by atoms with Gasteiger partial charge in [-0.1, -0.05) is 48.6 Å². The molecule has 2 aromatic rings. The SMILES string of the molecule is C(=C\c1ccccc1)/CN1CCN(c2ccccn2)CC1. The van der Waals surface area contributed by atoms with Crippen LogP contribution in [0.15, 0.2) is 60.8 Å². The lowest BCUT2D eigenvalue weighted by Crippen LogP contribution is -2.46. The molecule has 21 heavy (non-hydrogen) atoms. The van der Waals surface area contributed by atoms with E-state index in [2.05, 4.69) is 63.3 Å². The van der Waals surface area contributed by atoms with Crippen molar-refractivity contribution in [3.8, 4) is 0 Å². The second kappa shape index (κ2) is 7.04. The van der Waals surface area contributed by atoms with Gasteiger partial charge in [-0.05, 0) is 17.7 Å². The normalized spacial score (nSPS) is 16.5. The van der Waals surface area contributed by atoms with Gasteiger partial charge in [0.15, 0.2) is 0 Å². The van der Waals surface area contributed by atoms with Crippen molar-refractivity contribution in [2.75, 3.05) is 37.6 Å². The molecule has 108 valence electrons. The molecular weight excluding hydrogens is 258 g/mol. The predicted octanol–water partition coefficient (Wildman–Crippen LogP) is 2.92. The molecule has 0 amide bonds. The van der Waals surface area contributed by atoms with Gasteiger partial charge in [0, 0.05) is 38.9 Å². The summed E-state index contributed by atoms with van der Waals surface area (Å²) in [6.45, 7) is 5.31. The number of hydrogen-bond acceptors (Lipinski definition) is 3. The number of hydrogen-bond donors (Lipinski definition) is 0. The van der Waals surface area contributed by atoms with E-state index >= 15 is 0 Å². The Bertz CT molecular complexity index is 558. The Morgan fingerprint density at radius 1 is 0.905 bits per heavy atom. The number of pyridine rings is 1. The number of anilines is 1. The number of aromatic nitrogens is 1. The van der Waals surface area contributed by atoms with Crippen LogP contribution >= 0.6 is 0 Å². The van der Waals surface area contributed by atoms with Crippen LogP contribution in [0, 0.1) is 0 Å². The Morgan fingerprint density at radius 3 is 2.38 bits per heavy atom. The monoisotopic (exact) mass is 279 g/mol. The van der Waals surface area contributed by atoms with Gasteiger partial charge in [0.2, 0.25) is 0 Å². The van der Waals surface area contributed by atoms with Crippen molar-refractivity contribution in [3.05, 3.63) is 66.4 Å². The van der Waals surface area contributed by atoms with Crippen LogP contribution in [-0.4, -0.2) is 42.6 Å². The summed E-state index contributed by atoms with van der Waals surface area (Å²) in [6, 6.07) is 16.6. The van der Waals surface area contributed by atoms with Gasteiger partial charge >= 0.3 is 0 Å². The first-order valence-electron chi connectivity index (χ1n) is 7.52. The molecule has 1 fully saturated rings. The molecule has 0 bridgehead atoms. The number of nitrogens with zero attached hydrogens (tertiary/aromatic N) is 3. The molecule has 1 saturated heterocycles. The summed E-state index contributed by atoms with van der Waals surface area (Å²) in [5.74, 6) is 1.09. The summed E-state index contributed by atoms with van der Waals surface area (Å²) in [5, 5.41) is 0. The standard InChI is InChI=1S/C18H21N3/c1-2-7-17(8-3-1)9-6-12-20-13-15-21(16-14-20)18-10-4-5-11-19-18/h1-11H,12-16H2/b9-6+. The molecule has 3 nitrogen and oxygen atoms in total. The zero-order valence-electron chi connectivity index (χ0n) is 12.2. The van der Waals surface area contributed by atoms with Crippen LogP contribution in [-0.2, 0) is 0 Å². The third kappa shape index (κ3) is 3.92. The molecule has 2 heterocycles. The Balaban J connectivity index is 1.47. The molecule has 0 spiro atoms. The van der Waals surface area contributed by atoms with Gasteiger partial charge in [-0.3, -0.25) is 4.90 Å². The lowest BCUT2D eigenvalue weighted by atomic mass is 10.2. The summed E-state index contributed by atoms with van der Waals surface area (Å²) < 4.78 is 0. The predicted molar refractivity (Wildman–Crippen MR) is 88.4 cm³/mol. The van der Waals surface area contributed by atoms with Gasteiger partial charge in [-0.15, -0.1) is 0 Å². The number of rotatable bonds is 4. The third-order valence-corrected chi connectivity index (χ3v) is 3.82. The van der Waals surface area contributed by atoms with Crippen LogP contribution in [0.1, 0.15) is 5.56 Å². The summed E-state index contributed by atoms with van der Waals surface area (Å²) in [7, 11) is 0. The molecule has 1 aromatic heterocycles. The smallest absolute Gasteiger partial charge is 0.128 e. The van der Waals surface area contributed by atoms with Gasteiger partial charge < -0.3 is 4.90 Å². The highest BCUT2D eigenvalue weighted by Gasteiger charge is 2.16. The van der Waals surface area contributed by atoms with Crippen LogP contribution in [0.4, 0.5) is 5.82 Å². The molecular formula is C18H21N3. The quantitative estimate of drug-likeness (QED) is 0.858. The van der Waals surface area contributed by atoms with E-state index in [4.69, 9.17) is 0 Å². The molecule has 0 radical (unpaired) electrons. The second-order valence-corrected chi connectivity index (χ2v) is 5.29. The highest BCUT2D eigenvalue weighted by atomic mass is 15.3. The number of piperazine rings is 1. The van der Waals surface area contributed by atoms with Crippen LogP contribution < -0.4 is 4.90 Å². The maximum atomic E-state index is 4.42. The van der Waals surface area contributed by atoms with Crippen molar-refractivity contribution >= 4 is 11.9 Å². The zero-order chi connectivity index (χ0) is 14.3. The minimum absolute atomic E-state index is 1.02. The van der Waals surface area contributed by atoms with E-state index in [1.54, 1.807) is 0 Å². The van der Waals surface area contributed by atoms with Crippen molar-refractivity contribution in [3.63, 3.8) is 0 Å². The average Bonchev–Trinajstić information content (AvgIpc) is 2.57. The fourth-order valence-corrected chi connectivity index (χ4v) is 2.60. The summed E-state index contributed by atoms with van der Waals surface area (Å²) in [6.07, 6.45) is 6.32. The topological polar surface area (TPSA) is 19.4 Å². The van der Waals surface area contributed by atoms with Crippen LogP contribution in [0.5, 0.6) is 0 Å². The average molecular weight is 279 g/mol. The minimum atomic E-state index is 1.02. The fraction of sp³-hybridized carbons (Fsp3) is 0.278. The van der Waals surface area contributed by atoms with Gasteiger partial charge in [-0.2, -0.15) is 0 Å². The summed E-state index contributed by atoms with van der Waals surface area (Å²) in [5.41, 5.74) is 1.27. The van der Waals surface area contributed by atoms with Crippen molar-refractivity contribution in [1.29, 1.82) is 0 Å². The highest BCUT2D eigenvalue weighted by molar-refractivity contribution is 5.48. The molecule has 1 aromatic carbocycles. The van der Waals surface area contributed by atoms with E-state index in [0.29, 0.717) is 0 Å². The van der Waals surface area contributed by atoms with E-state index in [1.165, 1.54) is 5.56 Å². The molecule has 0 N–H and O–H groups in total. The van der Waals surface area contributed by atoms with Gasteiger partial charge in [-0.25, -0.2) is 4.98 Å². The Hall–Kier alpha value is -2.13. The fourth-order valence-electron chi connectivity index (χ4n) is 2.60. The third-order valence-electron chi connectivity index (χ3n) is 3.82. The zero-order valence-corrected chi connectivity index (χ0v) is 12.2. The molecule has 1 aliphatic heterocycles. The maximum absolute atomic E-state index is 4.42. The molecule has 0 atom stereocenters. The minimum Gasteiger partial charge on any atom is -0.354 e. The van der Waals surface area contributed by atoms with Crippen LogP contribution in [0.2, 0.25) is 0 Å². The molecule has 0 aliphatic carbocycles. The first-order valence-corrected chi connectivity index (χ1v) is 7.52. The van der Waals surface area contributed by atoms with Crippen molar-refractivity contribution in [2.24, 2.45) is 0 Å².